The van der Waals surface area contributed by atoms with Crippen molar-refractivity contribution in [1.29, 1.82) is 0 Å². The molecule has 116 valence electrons. The highest BCUT2D eigenvalue weighted by atomic mass is 16.3. The molecular formula is C16H31N3O. The quantitative estimate of drug-likeness (QED) is 0.753. The zero-order chi connectivity index (χ0) is 15.1. The van der Waals surface area contributed by atoms with Crippen LogP contribution in [0.1, 0.15) is 30.9 Å². The highest BCUT2D eigenvalue weighted by Gasteiger charge is 2.13. The second-order valence-electron chi connectivity index (χ2n) is 6.26. The molecular weight excluding hydrogens is 250 g/mol. The van der Waals surface area contributed by atoms with Crippen LogP contribution in [-0.2, 0) is 13.1 Å². The topological polar surface area (TPSA) is 31.6 Å². The van der Waals surface area contributed by atoms with Crippen molar-refractivity contribution in [3.8, 4) is 0 Å². The molecule has 0 saturated carbocycles. The van der Waals surface area contributed by atoms with E-state index in [2.05, 4.69) is 49.1 Å². The van der Waals surface area contributed by atoms with Crippen LogP contribution in [0.15, 0.2) is 10.5 Å². The van der Waals surface area contributed by atoms with Crippen molar-refractivity contribution in [3.63, 3.8) is 0 Å². The third kappa shape index (κ3) is 6.07. The van der Waals surface area contributed by atoms with Gasteiger partial charge in [-0.2, -0.15) is 0 Å². The minimum atomic E-state index is 0.671. The first-order valence-corrected chi connectivity index (χ1v) is 7.52. The van der Waals surface area contributed by atoms with Crippen molar-refractivity contribution in [2.75, 3.05) is 40.8 Å². The van der Waals surface area contributed by atoms with Gasteiger partial charge in [0.1, 0.15) is 11.5 Å². The van der Waals surface area contributed by atoms with E-state index in [0.717, 1.165) is 44.2 Å². The van der Waals surface area contributed by atoms with Gasteiger partial charge in [0.05, 0.1) is 6.54 Å². The number of nitrogens with one attached hydrogen (secondary N) is 1. The summed E-state index contributed by atoms with van der Waals surface area (Å²) in [4.78, 5) is 4.71. The Morgan fingerprint density at radius 2 is 1.95 bits per heavy atom. The lowest BCUT2D eigenvalue weighted by atomic mass is 10.2. The molecule has 0 aromatic carbocycles. The molecule has 0 saturated heterocycles. The molecule has 20 heavy (non-hydrogen) atoms. The summed E-state index contributed by atoms with van der Waals surface area (Å²) in [7, 11) is 6.21. The number of aryl methyl sites for hydroxylation is 1. The molecule has 1 aromatic rings. The minimum absolute atomic E-state index is 0.671. The molecule has 0 unspecified atom stereocenters. The van der Waals surface area contributed by atoms with Crippen LogP contribution in [0.2, 0.25) is 0 Å². The van der Waals surface area contributed by atoms with Gasteiger partial charge in [0.2, 0.25) is 0 Å². The Bertz CT molecular complexity index is 385. The predicted molar refractivity (Wildman–Crippen MR) is 84.9 cm³/mol. The lowest BCUT2D eigenvalue weighted by molar-refractivity contribution is 0.197. The standard InChI is InChI=1S/C16H31N3O/c1-13(2)11-19(8-7-18(5)6)12-16-9-15(10-17-4)14(3)20-16/h9,13,17H,7-8,10-12H2,1-6H3. The fourth-order valence-electron chi connectivity index (χ4n) is 2.34. The third-order valence-electron chi connectivity index (χ3n) is 3.31. The third-order valence-corrected chi connectivity index (χ3v) is 3.31. The van der Waals surface area contributed by atoms with Crippen molar-refractivity contribution in [2.24, 2.45) is 5.92 Å². The van der Waals surface area contributed by atoms with E-state index in [1.807, 2.05) is 14.0 Å². The largest absolute Gasteiger partial charge is 0.465 e. The van der Waals surface area contributed by atoms with Gasteiger partial charge in [0.25, 0.3) is 0 Å². The summed E-state index contributed by atoms with van der Waals surface area (Å²) in [5.41, 5.74) is 1.26. The van der Waals surface area contributed by atoms with Crippen molar-refractivity contribution in [3.05, 3.63) is 23.2 Å². The van der Waals surface area contributed by atoms with E-state index in [-0.39, 0.29) is 0 Å². The van der Waals surface area contributed by atoms with Crippen molar-refractivity contribution < 1.29 is 4.42 Å². The summed E-state index contributed by atoms with van der Waals surface area (Å²) in [6.45, 7) is 11.6. The second kappa shape index (κ2) is 8.45. The zero-order valence-corrected chi connectivity index (χ0v) is 14.0. The van der Waals surface area contributed by atoms with Crippen LogP contribution in [0.25, 0.3) is 0 Å². The van der Waals surface area contributed by atoms with E-state index in [0.29, 0.717) is 5.92 Å². The van der Waals surface area contributed by atoms with Gasteiger partial charge in [0, 0.05) is 31.7 Å². The van der Waals surface area contributed by atoms with E-state index in [4.69, 9.17) is 4.42 Å². The fourth-order valence-corrected chi connectivity index (χ4v) is 2.34. The van der Waals surface area contributed by atoms with Crippen LogP contribution < -0.4 is 5.32 Å². The van der Waals surface area contributed by atoms with Crippen LogP contribution in [0.4, 0.5) is 0 Å². The van der Waals surface area contributed by atoms with E-state index in [9.17, 15) is 0 Å². The highest BCUT2D eigenvalue weighted by Crippen LogP contribution is 2.16. The number of likely N-dealkylation sites (N-methyl/N-ethyl adjacent to an activating group) is 1. The SMILES string of the molecule is CNCc1cc(CN(CCN(C)C)CC(C)C)oc1C. The highest BCUT2D eigenvalue weighted by molar-refractivity contribution is 5.20. The van der Waals surface area contributed by atoms with Crippen LogP contribution in [0, 0.1) is 12.8 Å². The predicted octanol–water partition coefficient (Wildman–Crippen LogP) is 2.33. The molecule has 0 aliphatic heterocycles. The van der Waals surface area contributed by atoms with Gasteiger partial charge in [-0.15, -0.1) is 0 Å². The average Bonchev–Trinajstić information content (AvgIpc) is 2.66. The van der Waals surface area contributed by atoms with Gasteiger partial charge in [-0.05, 0) is 40.1 Å². The molecule has 1 aromatic heterocycles. The van der Waals surface area contributed by atoms with E-state index in [1.165, 1.54) is 5.56 Å². The number of nitrogens with zero attached hydrogens (tertiary/aromatic N) is 2. The molecule has 0 radical (unpaired) electrons. The molecule has 1 rings (SSSR count). The maximum Gasteiger partial charge on any atom is 0.118 e. The van der Waals surface area contributed by atoms with Crippen molar-refractivity contribution in [2.45, 2.75) is 33.9 Å². The lowest BCUT2D eigenvalue weighted by Gasteiger charge is -2.24. The smallest absolute Gasteiger partial charge is 0.118 e. The van der Waals surface area contributed by atoms with Gasteiger partial charge in [-0.3, -0.25) is 4.90 Å². The van der Waals surface area contributed by atoms with Gasteiger partial charge in [-0.1, -0.05) is 13.8 Å². The molecule has 4 heteroatoms. The Labute approximate surface area is 124 Å². The maximum absolute atomic E-state index is 5.89. The number of rotatable bonds is 9. The summed E-state index contributed by atoms with van der Waals surface area (Å²) < 4.78 is 5.89. The Morgan fingerprint density at radius 1 is 1.25 bits per heavy atom. The minimum Gasteiger partial charge on any atom is -0.465 e. The van der Waals surface area contributed by atoms with Crippen LogP contribution in [0.3, 0.4) is 0 Å². The molecule has 4 nitrogen and oxygen atoms in total. The monoisotopic (exact) mass is 281 g/mol. The summed E-state index contributed by atoms with van der Waals surface area (Å²) in [5, 5.41) is 3.18. The first-order chi connectivity index (χ1) is 9.42. The summed E-state index contributed by atoms with van der Waals surface area (Å²) >= 11 is 0. The molecule has 1 N–H and O–H groups in total. The lowest BCUT2D eigenvalue weighted by Crippen LogP contribution is -2.33. The summed E-state index contributed by atoms with van der Waals surface area (Å²) in [6, 6.07) is 2.19. The Balaban J connectivity index is 2.65. The first kappa shape index (κ1) is 17.2. The van der Waals surface area contributed by atoms with Gasteiger partial charge in [0.15, 0.2) is 0 Å². The fraction of sp³-hybridized carbons (Fsp3) is 0.750. The Morgan fingerprint density at radius 3 is 2.50 bits per heavy atom. The van der Waals surface area contributed by atoms with E-state index in [1.54, 1.807) is 0 Å². The number of furan rings is 1. The van der Waals surface area contributed by atoms with Crippen molar-refractivity contribution in [1.82, 2.24) is 15.1 Å². The second-order valence-corrected chi connectivity index (χ2v) is 6.26. The zero-order valence-electron chi connectivity index (χ0n) is 14.0. The van der Waals surface area contributed by atoms with Gasteiger partial charge < -0.3 is 14.6 Å². The summed E-state index contributed by atoms with van der Waals surface area (Å²) in [5.74, 6) is 2.78. The van der Waals surface area contributed by atoms with E-state index >= 15 is 0 Å². The molecule has 0 spiro atoms. The summed E-state index contributed by atoms with van der Waals surface area (Å²) in [6.07, 6.45) is 0. The van der Waals surface area contributed by atoms with Crippen molar-refractivity contribution >= 4 is 0 Å². The molecule has 0 fully saturated rings. The molecule has 0 aliphatic carbocycles. The number of hydrogen-bond acceptors (Lipinski definition) is 4. The number of hydrogen-bond donors (Lipinski definition) is 1. The average molecular weight is 281 g/mol. The molecule has 0 amide bonds. The van der Waals surface area contributed by atoms with Crippen LogP contribution in [0.5, 0.6) is 0 Å². The van der Waals surface area contributed by atoms with Crippen LogP contribution >= 0.6 is 0 Å². The van der Waals surface area contributed by atoms with Crippen LogP contribution in [-0.4, -0.2) is 50.6 Å². The maximum atomic E-state index is 5.89. The molecule has 1 heterocycles. The van der Waals surface area contributed by atoms with Gasteiger partial charge in [-0.25, -0.2) is 0 Å². The first-order valence-electron chi connectivity index (χ1n) is 7.52. The Hall–Kier alpha value is -0.840. The normalized spacial score (nSPS) is 12.1. The molecule has 0 aliphatic rings. The molecule has 0 bridgehead atoms. The Kier molecular flexibility index (Phi) is 7.27. The van der Waals surface area contributed by atoms with E-state index < -0.39 is 0 Å². The van der Waals surface area contributed by atoms with Gasteiger partial charge >= 0.3 is 0 Å². The molecule has 0 atom stereocenters.